The van der Waals surface area contributed by atoms with E-state index in [2.05, 4.69) is 0 Å². The van der Waals surface area contributed by atoms with Crippen LogP contribution < -0.4 is 10.6 Å². The molecule has 1 aliphatic rings. The minimum Gasteiger partial charge on any atom is -0.329 e. The highest BCUT2D eigenvalue weighted by Gasteiger charge is 2.50. The van der Waals surface area contributed by atoms with Crippen molar-refractivity contribution in [2.24, 2.45) is 11.1 Å². The maximum absolute atomic E-state index is 13.0. The zero-order valence-corrected chi connectivity index (χ0v) is 10.3. The molecule has 2 rings (SSSR count). The molecular formula is C12H14ClFN2O. The maximum Gasteiger partial charge on any atom is 0.234 e. The molecule has 1 fully saturated rings. The lowest BCUT2D eigenvalue weighted by Crippen LogP contribution is -2.38. The van der Waals surface area contributed by atoms with E-state index in [-0.39, 0.29) is 10.9 Å². The predicted molar refractivity (Wildman–Crippen MR) is 65.5 cm³/mol. The van der Waals surface area contributed by atoms with Gasteiger partial charge in [-0.3, -0.25) is 4.79 Å². The van der Waals surface area contributed by atoms with Crippen molar-refractivity contribution in [3.05, 3.63) is 29.0 Å². The van der Waals surface area contributed by atoms with Gasteiger partial charge in [-0.25, -0.2) is 4.39 Å². The molecule has 1 aromatic carbocycles. The highest BCUT2D eigenvalue weighted by molar-refractivity contribution is 6.31. The molecule has 5 heteroatoms. The van der Waals surface area contributed by atoms with Crippen molar-refractivity contribution in [3.63, 3.8) is 0 Å². The van der Waals surface area contributed by atoms with Crippen LogP contribution >= 0.6 is 11.6 Å². The molecule has 0 spiro atoms. The van der Waals surface area contributed by atoms with Crippen molar-refractivity contribution in [3.8, 4) is 0 Å². The molecule has 92 valence electrons. The summed E-state index contributed by atoms with van der Waals surface area (Å²) >= 11 is 5.69. The van der Waals surface area contributed by atoms with Crippen LogP contribution in [0.4, 0.5) is 10.1 Å². The highest BCUT2D eigenvalue weighted by Crippen LogP contribution is 2.46. The first-order valence-electron chi connectivity index (χ1n) is 5.43. The Morgan fingerprint density at radius 1 is 1.59 bits per heavy atom. The SMILES string of the molecule is CN(C(=O)C1(CN)CC1)c1ccc(F)c(Cl)c1. The van der Waals surface area contributed by atoms with Crippen molar-refractivity contribution < 1.29 is 9.18 Å². The molecule has 1 amide bonds. The average Bonchev–Trinajstić information content (AvgIpc) is 3.12. The van der Waals surface area contributed by atoms with Gasteiger partial charge in [0.1, 0.15) is 5.82 Å². The minimum absolute atomic E-state index is 0.0137. The average molecular weight is 257 g/mol. The van der Waals surface area contributed by atoms with Crippen LogP contribution in [0.25, 0.3) is 0 Å². The maximum atomic E-state index is 13.0. The summed E-state index contributed by atoms with van der Waals surface area (Å²) in [5.74, 6) is -0.515. The lowest BCUT2D eigenvalue weighted by Gasteiger charge is -2.22. The molecule has 0 radical (unpaired) electrons. The topological polar surface area (TPSA) is 46.3 Å². The van der Waals surface area contributed by atoms with Crippen LogP contribution in [0.2, 0.25) is 5.02 Å². The van der Waals surface area contributed by atoms with Crippen LogP contribution in [-0.4, -0.2) is 19.5 Å². The standard InChI is InChI=1S/C12H14ClFN2O/c1-16(11(17)12(7-15)4-5-12)8-2-3-10(14)9(13)6-8/h2-3,6H,4-5,7,15H2,1H3. The molecule has 2 N–H and O–H groups in total. The first kappa shape index (κ1) is 12.3. The molecule has 0 saturated heterocycles. The Morgan fingerprint density at radius 3 is 2.71 bits per heavy atom. The normalized spacial score (nSPS) is 16.7. The zero-order chi connectivity index (χ0) is 12.6. The van der Waals surface area contributed by atoms with Gasteiger partial charge in [0.05, 0.1) is 10.4 Å². The number of nitrogens with two attached hydrogens (primary N) is 1. The number of benzene rings is 1. The van der Waals surface area contributed by atoms with E-state index < -0.39 is 11.2 Å². The van der Waals surface area contributed by atoms with Crippen LogP contribution in [0, 0.1) is 11.2 Å². The molecule has 0 atom stereocenters. The fourth-order valence-corrected chi connectivity index (χ4v) is 2.00. The zero-order valence-electron chi connectivity index (χ0n) is 9.54. The summed E-state index contributed by atoms with van der Waals surface area (Å²) in [5.41, 5.74) is 5.78. The summed E-state index contributed by atoms with van der Waals surface area (Å²) in [6.45, 7) is 0.352. The Hall–Kier alpha value is -1.13. The lowest BCUT2D eigenvalue weighted by molar-refractivity contribution is -0.123. The van der Waals surface area contributed by atoms with Gasteiger partial charge in [-0.15, -0.1) is 0 Å². The summed E-state index contributed by atoms with van der Waals surface area (Å²) in [6, 6.07) is 4.23. The molecule has 0 bridgehead atoms. The quantitative estimate of drug-likeness (QED) is 0.901. The molecule has 1 saturated carbocycles. The molecule has 0 unspecified atom stereocenters. The van der Waals surface area contributed by atoms with Crippen LogP contribution in [0.5, 0.6) is 0 Å². The third-order valence-electron chi connectivity index (χ3n) is 3.29. The fourth-order valence-electron chi connectivity index (χ4n) is 1.82. The molecule has 17 heavy (non-hydrogen) atoms. The summed E-state index contributed by atoms with van der Waals surface area (Å²) < 4.78 is 13.0. The second-order valence-electron chi connectivity index (χ2n) is 4.45. The number of nitrogens with zero attached hydrogens (tertiary/aromatic N) is 1. The van der Waals surface area contributed by atoms with Gasteiger partial charge < -0.3 is 10.6 Å². The van der Waals surface area contributed by atoms with Crippen molar-refractivity contribution in [2.75, 3.05) is 18.5 Å². The minimum atomic E-state index is -0.490. The van der Waals surface area contributed by atoms with Crippen molar-refractivity contribution in [1.29, 1.82) is 0 Å². The molecular weight excluding hydrogens is 243 g/mol. The number of carbonyl (C=O) groups is 1. The predicted octanol–water partition coefficient (Wildman–Crippen LogP) is 2.18. The first-order chi connectivity index (χ1) is 8.00. The van der Waals surface area contributed by atoms with E-state index in [0.29, 0.717) is 12.2 Å². The number of hydrogen-bond donors (Lipinski definition) is 1. The van der Waals surface area contributed by atoms with Gasteiger partial charge in [0.15, 0.2) is 0 Å². The molecule has 0 aliphatic heterocycles. The second-order valence-corrected chi connectivity index (χ2v) is 4.85. The number of anilines is 1. The Bertz CT molecular complexity index is 460. The van der Waals surface area contributed by atoms with E-state index in [1.165, 1.54) is 23.1 Å². The third kappa shape index (κ3) is 2.15. The van der Waals surface area contributed by atoms with Crippen molar-refractivity contribution in [2.45, 2.75) is 12.8 Å². The molecule has 1 aliphatic carbocycles. The Balaban J connectivity index is 2.22. The van der Waals surface area contributed by atoms with E-state index in [1.54, 1.807) is 7.05 Å². The van der Waals surface area contributed by atoms with Crippen molar-refractivity contribution >= 4 is 23.2 Å². The van der Waals surface area contributed by atoms with E-state index in [1.807, 2.05) is 0 Å². The first-order valence-corrected chi connectivity index (χ1v) is 5.81. The lowest BCUT2D eigenvalue weighted by atomic mass is 10.1. The Morgan fingerprint density at radius 2 is 2.24 bits per heavy atom. The summed E-state index contributed by atoms with van der Waals surface area (Å²) in [7, 11) is 1.65. The van der Waals surface area contributed by atoms with E-state index in [9.17, 15) is 9.18 Å². The van der Waals surface area contributed by atoms with Gasteiger partial charge in [-0.05, 0) is 31.0 Å². The Kier molecular flexibility index (Phi) is 3.10. The summed E-state index contributed by atoms with van der Waals surface area (Å²) in [5, 5.41) is 0.0137. The smallest absolute Gasteiger partial charge is 0.234 e. The fraction of sp³-hybridized carbons (Fsp3) is 0.417. The second kappa shape index (κ2) is 4.27. The molecule has 1 aromatic rings. The molecule has 3 nitrogen and oxygen atoms in total. The molecule has 0 aromatic heterocycles. The van der Waals surface area contributed by atoms with Crippen LogP contribution in [-0.2, 0) is 4.79 Å². The third-order valence-corrected chi connectivity index (χ3v) is 3.58. The van der Waals surface area contributed by atoms with E-state index in [4.69, 9.17) is 17.3 Å². The van der Waals surface area contributed by atoms with Gasteiger partial charge in [-0.1, -0.05) is 11.6 Å². The monoisotopic (exact) mass is 256 g/mol. The van der Waals surface area contributed by atoms with Crippen LogP contribution in [0.3, 0.4) is 0 Å². The van der Waals surface area contributed by atoms with E-state index in [0.717, 1.165) is 12.8 Å². The number of rotatable bonds is 3. The largest absolute Gasteiger partial charge is 0.329 e. The molecule has 0 heterocycles. The van der Waals surface area contributed by atoms with Gasteiger partial charge in [0.2, 0.25) is 5.91 Å². The number of halogens is 2. The number of carbonyl (C=O) groups excluding carboxylic acids is 1. The van der Waals surface area contributed by atoms with E-state index >= 15 is 0 Å². The van der Waals surface area contributed by atoms with Gasteiger partial charge in [-0.2, -0.15) is 0 Å². The van der Waals surface area contributed by atoms with Gasteiger partial charge in [0.25, 0.3) is 0 Å². The van der Waals surface area contributed by atoms with Gasteiger partial charge in [0, 0.05) is 19.3 Å². The summed E-state index contributed by atoms with van der Waals surface area (Å²) in [4.78, 5) is 13.7. The van der Waals surface area contributed by atoms with Crippen molar-refractivity contribution in [1.82, 2.24) is 0 Å². The number of hydrogen-bond acceptors (Lipinski definition) is 2. The Labute approximate surface area is 104 Å². The number of amides is 1. The highest BCUT2D eigenvalue weighted by atomic mass is 35.5. The summed E-state index contributed by atoms with van der Waals surface area (Å²) in [6.07, 6.45) is 1.64. The van der Waals surface area contributed by atoms with Gasteiger partial charge >= 0.3 is 0 Å². The van der Waals surface area contributed by atoms with Crippen LogP contribution in [0.1, 0.15) is 12.8 Å². The van der Waals surface area contributed by atoms with Crippen LogP contribution in [0.15, 0.2) is 18.2 Å².